The number of carbonyl (C=O) groups excluding carboxylic acids is 1. The standard InChI is InChI=1S/C17H21F3N2O3/c18-17(19,20)14-5-1-3-12(11-14)4-2-8-21-16(25)22-9-6-13(7-10-22)15(23)24/h1,3,5,11,13H,2,4,6-10H2,(H,21,25)(H,23,24). The summed E-state index contributed by atoms with van der Waals surface area (Å²) in [6.45, 7) is 1.15. The van der Waals surface area contributed by atoms with E-state index >= 15 is 0 Å². The molecule has 0 bridgehead atoms. The van der Waals surface area contributed by atoms with Crippen LogP contribution in [0.3, 0.4) is 0 Å². The maximum Gasteiger partial charge on any atom is 0.416 e. The van der Waals surface area contributed by atoms with Crippen LogP contribution in [0.2, 0.25) is 0 Å². The van der Waals surface area contributed by atoms with Crippen molar-refractivity contribution < 1.29 is 27.9 Å². The number of carboxylic acids is 1. The van der Waals surface area contributed by atoms with Crippen LogP contribution in [0.1, 0.15) is 30.4 Å². The second-order valence-corrected chi connectivity index (χ2v) is 6.13. The van der Waals surface area contributed by atoms with E-state index in [-0.39, 0.29) is 6.03 Å². The minimum absolute atomic E-state index is 0.257. The van der Waals surface area contributed by atoms with Gasteiger partial charge < -0.3 is 15.3 Å². The largest absolute Gasteiger partial charge is 0.481 e. The van der Waals surface area contributed by atoms with Gasteiger partial charge in [0.25, 0.3) is 0 Å². The van der Waals surface area contributed by atoms with Crippen molar-refractivity contribution in [2.45, 2.75) is 31.9 Å². The molecule has 0 atom stereocenters. The molecule has 8 heteroatoms. The predicted octanol–water partition coefficient (Wildman–Crippen LogP) is 3.14. The quantitative estimate of drug-likeness (QED) is 0.795. The minimum atomic E-state index is -4.35. The van der Waals surface area contributed by atoms with Gasteiger partial charge in [0.15, 0.2) is 0 Å². The molecule has 1 aliphatic rings. The summed E-state index contributed by atoms with van der Waals surface area (Å²) in [5.74, 6) is -1.23. The third kappa shape index (κ3) is 5.65. The summed E-state index contributed by atoms with van der Waals surface area (Å²) in [6, 6.07) is 4.91. The highest BCUT2D eigenvalue weighted by atomic mass is 19.4. The second-order valence-electron chi connectivity index (χ2n) is 6.13. The Morgan fingerprint density at radius 2 is 1.92 bits per heavy atom. The molecule has 1 aromatic rings. The van der Waals surface area contributed by atoms with Crippen LogP contribution in [0, 0.1) is 5.92 Å². The summed E-state index contributed by atoms with van der Waals surface area (Å²) < 4.78 is 37.9. The number of benzene rings is 1. The van der Waals surface area contributed by atoms with Crippen LogP contribution in [0.25, 0.3) is 0 Å². The van der Waals surface area contributed by atoms with Gasteiger partial charge in [0.05, 0.1) is 11.5 Å². The van der Waals surface area contributed by atoms with Gasteiger partial charge in [0.1, 0.15) is 0 Å². The van der Waals surface area contributed by atoms with Crippen LogP contribution in [0.15, 0.2) is 24.3 Å². The molecule has 1 aliphatic heterocycles. The van der Waals surface area contributed by atoms with Gasteiger partial charge in [-0.1, -0.05) is 18.2 Å². The highest BCUT2D eigenvalue weighted by Crippen LogP contribution is 2.29. The molecule has 0 unspecified atom stereocenters. The number of nitrogens with one attached hydrogen (secondary N) is 1. The lowest BCUT2D eigenvalue weighted by molar-refractivity contribution is -0.143. The van der Waals surface area contributed by atoms with Crippen molar-refractivity contribution in [1.82, 2.24) is 10.2 Å². The topological polar surface area (TPSA) is 69.6 Å². The number of rotatable bonds is 5. The van der Waals surface area contributed by atoms with Gasteiger partial charge in [-0.05, 0) is 37.3 Å². The summed E-state index contributed by atoms with van der Waals surface area (Å²) in [6.07, 6.45) is -2.52. The van der Waals surface area contributed by atoms with E-state index in [0.29, 0.717) is 50.9 Å². The highest BCUT2D eigenvalue weighted by molar-refractivity contribution is 5.75. The molecule has 0 aliphatic carbocycles. The van der Waals surface area contributed by atoms with Crippen molar-refractivity contribution >= 4 is 12.0 Å². The third-order valence-corrected chi connectivity index (χ3v) is 4.30. The van der Waals surface area contributed by atoms with E-state index in [9.17, 15) is 22.8 Å². The Hall–Kier alpha value is -2.25. The van der Waals surface area contributed by atoms with Crippen molar-refractivity contribution in [2.75, 3.05) is 19.6 Å². The van der Waals surface area contributed by atoms with Gasteiger partial charge in [-0.3, -0.25) is 4.79 Å². The first-order valence-corrected chi connectivity index (χ1v) is 8.19. The number of hydrogen-bond acceptors (Lipinski definition) is 2. The lowest BCUT2D eigenvalue weighted by Crippen LogP contribution is -2.45. The maximum atomic E-state index is 12.6. The molecule has 0 radical (unpaired) electrons. The van der Waals surface area contributed by atoms with Crippen molar-refractivity contribution in [1.29, 1.82) is 0 Å². The molecule has 2 amide bonds. The summed E-state index contributed by atoms with van der Waals surface area (Å²) in [5.41, 5.74) is -0.0957. The smallest absolute Gasteiger partial charge is 0.416 e. The molecule has 2 N–H and O–H groups in total. The van der Waals surface area contributed by atoms with Gasteiger partial charge in [-0.25, -0.2) is 4.79 Å². The van der Waals surface area contributed by atoms with E-state index in [0.717, 1.165) is 12.1 Å². The van der Waals surface area contributed by atoms with E-state index in [1.165, 1.54) is 6.07 Å². The Labute approximate surface area is 143 Å². The Bertz CT molecular complexity index is 611. The monoisotopic (exact) mass is 358 g/mol. The lowest BCUT2D eigenvalue weighted by Gasteiger charge is -2.30. The third-order valence-electron chi connectivity index (χ3n) is 4.30. The van der Waals surface area contributed by atoms with Crippen LogP contribution in [-0.4, -0.2) is 41.6 Å². The average Bonchev–Trinajstić information content (AvgIpc) is 2.58. The van der Waals surface area contributed by atoms with Crippen molar-refractivity contribution in [2.24, 2.45) is 5.92 Å². The van der Waals surface area contributed by atoms with E-state index in [1.54, 1.807) is 11.0 Å². The number of amides is 2. The maximum absolute atomic E-state index is 12.6. The van der Waals surface area contributed by atoms with E-state index in [1.807, 2.05) is 0 Å². The zero-order valence-corrected chi connectivity index (χ0v) is 13.7. The normalized spacial score (nSPS) is 15.9. The molecular formula is C17H21F3N2O3. The summed E-state index contributed by atoms with van der Waals surface area (Å²) in [4.78, 5) is 24.4. The predicted molar refractivity (Wildman–Crippen MR) is 85.1 cm³/mol. The molecular weight excluding hydrogens is 337 g/mol. The number of alkyl halides is 3. The zero-order chi connectivity index (χ0) is 18.4. The van der Waals surface area contributed by atoms with Crippen LogP contribution in [0.5, 0.6) is 0 Å². The number of aliphatic carboxylic acids is 1. The van der Waals surface area contributed by atoms with Crippen LogP contribution < -0.4 is 5.32 Å². The van der Waals surface area contributed by atoms with Crippen molar-refractivity contribution in [3.05, 3.63) is 35.4 Å². The van der Waals surface area contributed by atoms with Gasteiger partial charge in [-0.2, -0.15) is 13.2 Å². The molecule has 1 saturated heterocycles. The van der Waals surface area contributed by atoms with Gasteiger partial charge in [0.2, 0.25) is 0 Å². The molecule has 0 aromatic heterocycles. The summed E-state index contributed by atoms with van der Waals surface area (Å²) in [5, 5.41) is 11.7. The Morgan fingerprint density at radius 3 is 2.52 bits per heavy atom. The highest BCUT2D eigenvalue weighted by Gasteiger charge is 2.30. The molecule has 0 saturated carbocycles. The molecule has 25 heavy (non-hydrogen) atoms. The first-order valence-electron chi connectivity index (χ1n) is 8.19. The number of nitrogens with zero attached hydrogens (tertiary/aromatic N) is 1. The fourth-order valence-electron chi connectivity index (χ4n) is 2.83. The van der Waals surface area contributed by atoms with Gasteiger partial charge in [0, 0.05) is 19.6 Å². The van der Waals surface area contributed by atoms with Crippen LogP contribution in [0.4, 0.5) is 18.0 Å². The molecule has 0 spiro atoms. The first-order chi connectivity index (χ1) is 11.8. The number of aryl methyl sites for hydroxylation is 1. The van der Waals surface area contributed by atoms with Gasteiger partial charge >= 0.3 is 18.2 Å². The molecule has 2 rings (SSSR count). The van der Waals surface area contributed by atoms with E-state index < -0.39 is 23.6 Å². The van der Waals surface area contributed by atoms with Gasteiger partial charge in [-0.15, -0.1) is 0 Å². The Kier molecular flexibility index (Phi) is 6.27. The zero-order valence-electron chi connectivity index (χ0n) is 13.7. The second kappa shape index (κ2) is 8.22. The molecule has 138 valence electrons. The minimum Gasteiger partial charge on any atom is -0.481 e. The lowest BCUT2D eigenvalue weighted by atomic mass is 9.97. The number of carboxylic acid groups (broad SMARTS) is 1. The van der Waals surface area contributed by atoms with Crippen LogP contribution >= 0.6 is 0 Å². The number of hydrogen-bond donors (Lipinski definition) is 2. The summed E-state index contributed by atoms with van der Waals surface area (Å²) in [7, 11) is 0. The van der Waals surface area contributed by atoms with Crippen molar-refractivity contribution in [3.8, 4) is 0 Å². The first kappa shape index (κ1) is 19.1. The van der Waals surface area contributed by atoms with E-state index in [2.05, 4.69) is 5.32 Å². The molecule has 5 nitrogen and oxygen atoms in total. The number of carbonyl (C=O) groups is 2. The Balaban J connectivity index is 1.71. The molecule has 1 fully saturated rings. The summed E-state index contributed by atoms with van der Waals surface area (Å²) >= 11 is 0. The number of urea groups is 1. The number of halogens is 3. The fourth-order valence-corrected chi connectivity index (χ4v) is 2.83. The number of piperidine rings is 1. The van der Waals surface area contributed by atoms with Crippen LogP contribution in [-0.2, 0) is 17.4 Å². The number of likely N-dealkylation sites (tertiary alicyclic amines) is 1. The molecule has 1 heterocycles. The molecule has 1 aromatic carbocycles. The Morgan fingerprint density at radius 1 is 1.24 bits per heavy atom. The SMILES string of the molecule is O=C(O)C1CCN(C(=O)NCCCc2cccc(C(F)(F)F)c2)CC1. The van der Waals surface area contributed by atoms with E-state index in [4.69, 9.17) is 5.11 Å². The van der Waals surface area contributed by atoms with Crippen molar-refractivity contribution in [3.63, 3.8) is 0 Å². The fraction of sp³-hybridized carbons (Fsp3) is 0.529. The average molecular weight is 358 g/mol.